The molecule has 84 valence electrons. The first kappa shape index (κ1) is 11.9. The summed E-state index contributed by atoms with van der Waals surface area (Å²) >= 11 is 0. The number of hydrogen-bond acceptors (Lipinski definition) is 4. The number of likely N-dealkylation sites (tertiary alicyclic amines) is 1. The van der Waals surface area contributed by atoms with Crippen LogP contribution in [0.1, 0.15) is 20.3 Å². The molecule has 1 rings (SSSR count). The normalized spacial score (nSPS) is 29.8. The van der Waals surface area contributed by atoms with Gasteiger partial charge >= 0.3 is 0 Å². The minimum Gasteiger partial charge on any atom is -0.396 e. The van der Waals surface area contributed by atoms with E-state index in [9.17, 15) is 5.11 Å². The zero-order valence-electron chi connectivity index (χ0n) is 9.03. The van der Waals surface area contributed by atoms with Gasteiger partial charge in [0.05, 0.1) is 18.8 Å². The van der Waals surface area contributed by atoms with E-state index in [1.165, 1.54) is 0 Å². The lowest BCUT2D eigenvalue weighted by Crippen LogP contribution is -2.41. The lowest BCUT2D eigenvalue weighted by Gasteiger charge is -2.30. The van der Waals surface area contributed by atoms with Crippen LogP contribution in [0, 0.1) is 5.41 Å². The van der Waals surface area contributed by atoms with Crippen molar-refractivity contribution in [1.82, 2.24) is 4.90 Å². The third-order valence-corrected chi connectivity index (χ3v) is 2.90. The smallest absolute Gasteiger partial charge is 0.0758 e. The number of hydrogen-bond donors (Lipinski definition) is 3. The van der Waals surface area contributed by atoms with Crippen molar-refractivity contribution in [3.63, 3.8) is 0 Å². The molecule has 14 heavy (non-hydrogen) atoms. The Labute approximate surface area is 85.2 Å². The molecule has 1 heterocycles. The molecule has 1 unspecified atom stereocenters. The highest BCUT2D eigenvalue weighted by Crippen LogP contribution is 2.24. The Morgan fingerprint density at radius 2 is 1.93 bits per heavy atom. The van der Waals surface area contributed by atoms with Gasteiger partial charge < -0.3 is 15.3 Å². The molecule has 4 heteroatoms. The molecule has 0 radical (unpaired) electrons. The van der Waals surface area contributed by atoms with Gasteiger partial charge in [-0.2, -0.15) is 0 Å². The van der Waals surface area contributed by atoms with Crippen LogP contribution in [0.5, 0.6) is 0 Å². The van der Waals surface area contributed by atoms with Gasteiger partial charge in [-0.25, -0.2) is 0 Å². The van der Waals surface area contributed by atoms with Crippen LogP contribution in [0.4, 0.5) is 0 Å². The minimum absolute atomic E-state index is 0.0257. The molecule has 3 N–H and O–H groups in total. The van der Waals surface area contributed by atoms with Crippen molar-refractivity contribution in [2.24, 2.45) is 5.41 Å². The molecular formula is C10H21NO3. The fraction of sp³-hybridized carbons (Fsp3) is 1.00. The molecule has 0 saturated carbocycles. The van der Waals surface area contributed by atoms with Crippen molar-refractivity contribution < 1.29 is 15.3 Å². The first-order chi connectivity index (χ1) is 6.41. The summed E-state index contributed by atoms with van der Waals surface area (Å²) in [7, 11) is 0. The Morgan fingerprint density at radius 3 is 2.29 bits per heavy atom. The van der Waals surface area contributed by atoms with Crippen LogP contribution in [-0.2, 0) is 0 Å². The SMILES string of the molecule is CC1(O)CCN(CC(C)(CO)CO)C1. The van der Waals surface area contributed by atoms with E-state index in [2.05, 4.69) is 4.90 Å². The van der Waals surface area contributed by atoms with E-state index < -0.39 is 11.0 Å². The Hall–Kier alpha value is -0.160. The van der Waals surface area contributed by atoms with Gasteiger partial charge in [-0.1, -0.05) is 6.92 Å². The molecule has 0 aromatic carbocycles. The first-order valence-corrected chi connectivity index (χ1v) is 5.07. The lowest BCUT2D eigenvalue weighted by atomic mass is 9.92. The first-order valence-electron chi connectivity index (χ1n) is 5.07. The third kappa shape index (κ3) is 2.92. The predicted molar refractivity (Wildman–Crippen MR) is 54.0 cm³/mol. The van der Waals surface area contributed by atoms with Crippen LogP contribution in [0.15, 0.2) is 0 Å². The quantitative estimate of drug-likeness (QED) is 0.573. The number of β-amino-alcohol motifs (C(OH)–C–C–N with tert-alkyl or cyclic N) is 1. The number of rotatable bonds is 4. The van der Waals surface area contributed by atoms with Crippen molar-refractivity contribution in [2.75, 3.05) is 32.8 Å². The average molecular weight is 203 g/mol. The van der Waals surface area contributed by atoms with Crippen LogP contribution in [-0.4, -0.2) is 58.7 Å². The Kier molecular flexibility index (Phi) is 3.53. The van der Waals surface area contributed by atoms with Gasteiger partial charge in [0.15, 0.2) is 0 Å². The standard InChI is InChI=1S/C10H21NO3/c1-9(7-12,8-13)5-11-4-3-10(2,14)6-11/h12-14H,3-8H2,1-2H3. The molecule has 4 nitrogen and oxygen atoms in total. The topological polar surface area (TPSA) is 63.9 Å². The minimum atomic E-state index is -0.605. The van der Waals surface area contributed by atoms with Gasteiger partial charge in [-0.3, -0.25) is 4.90 Å². The van der Waals surface area contributed by atoms with E-state index in [0.29, 0.717) is 13.1 Å². The molecular weight excluding hydrogens is 182 g/mol. The van der Waals surface area contributed by atoms with E-state index in [-0.39, 0.29) is 13.2 Å². The summed E-state index contributed by atoms with van der Waals surface area (Å²) < 4.78 is 0. The summed E-state index contributed by atoms with van der Waals surface area (Å²) in [6.45, 7) is 5.72. The molecule has 0 amide bonds. The van der Waals surface area contributed by atoms with E-state index >= 15 is 0 Å². The van der Waals surface area contributed by atoms with Crippen LogP contribution in [0.2, 0.25) is 0 Å². The lowest BCUT2D eigenvalue weighted by molar-refractivity contribution is 0.0258. The van der Waals surface area contributed by atoms with Gasteiger partial charge in [0.25, 0.3) is 0 Å². The van der Waals surface area contributed by atoms with Crippen LogP contribution >= 0.6 is 0 Å². The second kappa shape index (κ2) is 4.14. The van der Waals surface area contributed by atoms with E-state index in [1.807, 2.05) is 13.8 Å². The van der Waals surface area contributed by atoms with E-state index in [0.717, 1.165) is 13.0 Å². The molecule has 1 aliphatic heterocycles. The number of aliphatic hydroxyl groups is 3. The maximum absolute atomic E-state index is 9.74. The summed E-state index contributed by atoms with van der Waals surface area (Å²) in [6.07, 6.45) is 0.764. The third-order valence-electron chi connectivity index (χ3n) is 2.90. The molecule has 0 spiro atoms. The summed E-state index contributed by atoms with van der Waals surface area (Å²) in [5.74, 6) is 0. The average Bonchev–Trinajstić information content (AvgIpc) is 2.45. The van der Waals surface area contributed by atoms with Crippen molar-refractivity contribution in [3.05, 3.63) is 0 Å². The largest absolute Gasteiger partial charge is 0.396 e. The maximum atomic E-state index is 9.74. The van der Waals surface area contributed by atoms with Gasteiger partial charge in [0.1, 0.15) is 0 Å². The highest BCUT2D eigenvalue weighted by molar-refractivity contribution is 4.89. The van der Waals surface area contributed by atoms with Gasteiger partial charge in [-0.15, -0.1) is 0 Å². The fourth-order valence-corrected chi connectivity index (χ4v) is 1.86. The monoisotopic (exact) mass is 203 g/mol. The summed E-state index contributed by atoms with van der Waals surface area (Å²) in [5, 5.41) is 28.0. The summed E-state index contributed by atoms with van der Waals surface area (Å²) in [6, 6.07) is 0. The zero-order chi connectivity index (χ0) is 10.8. The second-order valence-corrected chi connectivity index (χ2v) is 5.08. The van der Waals surface area contributed by atoms with Crippen LogP contribution < -0.4 is 0 Å². The second-order valence-electron chi connectivity index (χ2n) is 5.08. The summed E-state index contributed by atoms with van der Waals surface area (Å²) in [5.41, 5.74) is -1.06. The van der Waals surface area contributed by atoms with Gasteiger partial charge in [0.2, 0.25) is 0 Å². The molecule has 1 aliphatic rings. The van der Waals surface area contributed by atoms with E-state index in [4.69, 9.17) is 10.2 Å². The molecule has 1 atom stereocenters. The highest BCUT2D eigenvalue weighted by Gasteiger charge is 2.35. The molecule has 1 saturated heterocycles. The maximum Gasteiger partial charge on any atom is 0.0758 e. The van der Waals surface area contributed by atoms with Crippen molar-refractivity contribution in [1.29, 1.82) is 0 Å². The Morgan fingerprint density at radius 1 is 1.36 bits per heavy atom. The molecule has 0 aliphatic carbocycles. The highest BCUT2D eigenvalue weighted by atomic mass is 16.3. The van der Waals surface area contributed by atoms with Crippen molar-refractivity contribution >= 4 is 0 Å². The molecule has 0 bridgehead atoms. The van der Waals surface area contributed by atoms with Crippen LogP contribution in [0.3, 0.4) is 0 Å². The molecule has 0 aromatic rings. The van der Waals surface area contributed by atoms with Crippen molar-refractivity contribution in [3.8, 4) is 0 Å². The Bertz CT molecular complexity index is 190. The van der Waals surface area contributed by atoms with Crippen molar-refractivity contribution in [2.45, 2.75) is 25.9 Å². The predicted octanol–water partition coefficient (Wildman–Crippen LogP) is -0.566. The van der Waals surface area contributed by atoms with Gasteiger partial charge in [0, 0.05) is 25.0 Å². The van der Waals surface area contributed by atoms with E-state index in [1.54, 1.807) is 0 Å². The molecule has 0 aromatic heterocycles. The Balaban J connectivity index is 2.46. The number of nitrogens with zero attached hydrogens (tertiary/aromatic N) is 1. The van der Waals surface area contributed by atoms with Crippen LogP contribution in [0.25, 0.3) is 0 Å². The number of aliphatic hydroxyl groups excluding tert-OH is 2. The zero-order valence-corrected chi connectivity index (χ0v) is 9.03. The fourth-order valence-electron chi connectivity index (χ4n) is 1.86. The van der Waals surface area contributed by atoms with Gasteiger partial charge in [-0.05, 0) is 13.3 Å². The summed E-state index contributed by atoms with van der Waals surface area (Å²) in [4.78, 5) is 2.09. The molecule has 1 fully saturated rings.